The first-order valence-electron chi connectivity index (χ1n) is 21.4. The van der Waals surface area contributed by atoms with Crippen LogP contribution in [0.25, 0.3) is 0 Å². The van der Waals surface area contributed by atoms with E-state index >= 15 is 0 Å². The van der Waals surface area contributed by atoms with Gasteiger partial charge in [-0.05, 0) is 12.8 Å². The van der Waals surface area contributed by atoms with E-state index in [9.17, 15) is 14.4 Å². The number of carbonyl (C=O) groups excluding carboxylic acids is 3. The number of unbranched alkanes of at least 4 members (excludes halogenated alkanes) is 28. The first-order chi connectivity index (χ1) is 24.5. The van der Waals surface area contributed by atoms with Gasteiger partial charge in [0.2, 0.25) is 11.8 Å². The molecular formula is C43H79N3O4. The Hall–Kier alpha value is -2.18. The minimum absolute atomic E-state index is 0.0188. The Bertz CT molecular complexity index is 946. The van der Waals surface area contributed by atoms with Crippen LogP contribution in [-0.4, -0.2) is 40.5 Å². The zero-order valence-corrected chi connectivity index (χ0v) is 33.1. The van der Waals surface area contributed by atoms with Gasteiger partial charge in [-0.3, -0.25) is 14.2 Å². The van der Waals surface area contributed by atoms with E-state index < -0.39 is 12.0 Å². The molecule has 0 aliphatic heterocycles. The Kier molecular flexibility index (Phi) is 31.1. The number of hydrogen-bond donors (Lipinski definition) is 1. The molecule has 0 fully saturated rings. The van der Waals surface area contributed by atoms with Crippen LogP contribution in [0.1, 0.15) is 230 Å². The van der Waals surface area contributed by atoms with Crippen molar-refractivity contribution in [2.75, 3.05) is 7.11 Å². The molecule has 0 unspecified atom stereocenters. The summed E-state index contributed by atoms with van der Waals surface area (Å²) in [4.78, 5) is 42.1. The Labute approximate surface area is 308 Å². The second-order valence-corrected chi connectivity index (χ2v) is 14.9. The van der Waals surface area contributed by atoms with E-state index in [-0.39, 0.29) is 18.2 Å². The predicted molar refractivity (Wildman–Crippen MR) is 210 cm³/mol. The summed E-state index contributed by atoms with van der Waals surface area (Å²) in [6, 6.07) is -0.808. The molecule has 1 aromatic heterocycles. The van der Waals surface area contributed by atoms with Gasteiger partial charge in [-0.15, -0.1) is 0 Å². The van der Waals surface area contributed by atoms with Crippen LogP contribution in [0, 0.1) is 0 Å². The third-order valence-corrected chi connectivity index (χ3v) is 10.2. The van der Waals surface area contributed by atoms with Gasteiger partial charge in [-0.1, -0.05) is 194 Å². The molecule has 7 heteroatoms. The monoisotopic (exact) mass is 702 g/mol. The predicted octanol–water partition coefficient (Wildman–Crippen LogP) is 12.2. The summed E-state index contributed by atoms with van der Waals surface area (Å²) in [6.07, 6.45) is 43.0. The number of rotatable bonds is 36. The fourth-order valence-corrected chi connectivity index (χ4v) is 6.85. The third kappa shape index (κ3) is 26.6. The van der Waals surface area contributed by atoms with Crippen LogP contribution in [0.5, 0.6) is 0 Å². The number of nitrogens with one attached hydrogen (secondary N) is 1. The van der Waals surface area contributed by atoms with Gasteiger partial charge in [0.05, 0.1) is 12.8 Å². The first kappa shape index (κ1) is 45.8. The van der Waals surface area contributed by atoms with E-state index in [1.165, 1.54) is 179 Å². The number of hydrogen-bond acceptors (Lipinski definition) is 5. The number of carbonyl (C=O) groups is 3. The minimum atomic E-state index is -0.808. The number of amides is 1. The van der Waals surface area contributed by atoms with E-state index in [2.05, 4.69) is 24.1 Å². The smallest absolute Gasteiger partial charge is 0.328 e. The SMILES string of the molecule is CCCCCCCCCCCCCCCCCC(=O)N[C@@H](Cc1cn(C(=O)CCCCCCCCCCCCCCCCC)cn1)C(=O)OC. The van der Waals surface area contributed by atoms with Crippen LogP contribution in [0.4, 0.5) is 0 Å². The number of methoxy groups -OCH3 is 1. The van der Waals surface area contributed by atoms with Crippen LogP contribution in [0.3, 0.4) is 0 Å². The topological polar surface area (TPSA) is 90.3 Å². The van der Waals surface area contributed by atoms with E-state index in [0.717, 1.165) is 32.1 Å². The summed E-state index contributed by atoms with van der Waals surface area (Å²) in [5, 5.41) is 2.84. The summed E-state index contributed by atoms with van der Waals surface area (Å²) < 4.78 is 6.47. The summed E-state index contributed by atoms with van der Waals surface area (Å²) in [5.41, 5.74) is 0.595. The van der Waals surface area contributed by atoms with Crippen molar-refractivity contribution in [2.24, 2.45) is 0 Å². The average molecular weight is 702 g/mol. The first-order valence-corrected chi connectivity index (χ1v) is 21.4. The van der Waals surface area contributed by atoms with Crippen molar-refractivity contribution in [1.29, 1.82) is 0 Å². The van der Waals surface area contributed by atoms with Crippen molar-refractivity contribution in [3.05, 3.63) is 18.2 Å². The molecule has 0 aliphatic rings. The number of nitrogens with zero attached hydrogens (tertiary/aromatic N) is 2. The van der Waals surface area contributed by atoms with Gasteiger partial charge in [0.25, 0.3) is 0 Å². The van der Waals surface area contributed by atoms with Crippen molar-refractivity contribution in [2.45, 2.75) is 232 Å². The van der Waals surface area contributed by atoms with Gasteiger partial charge in [0.15, 0.2) is 0 Å². The maximum atomic E-state index is 12.7. The second kappa shape index (κ2) is 33.9. The molecule has 1 N–H and O–H groups in total. The van der Waals surface area contributed by atoms with Crippen LogP contribution in [-0.2, 0) is 20.7 Å². The molecule has 1 heterocycles. The lowest BCUT2D eigenvalue weighted by atomic mass is 10.0. The molecular weight excluding hydrogens is 622 g/mol. The molecule has 1 aromatic rings. The average Bonchev–Trinajstić information content (AvgIpc) is 3.59. The minimum Gasteiger partial charge on any atom is -0.467 e. The van der Waals surface area contributed by atoms with Crippen LogP contribution < -0.4 is 5.32 Å². The van der Waals surface area contributed by atoms with Gasteiger partial charge >= 0.3 is 5.97 Å². The fourth-order valence-electron chi connectivity index (χ4n) is 6.85. The highest BCUT2D eigenvalue weighted by Crippen LogP contribution is 2.16. The summed E-state index contributed by atoms with van der Waals surface area (Å²) >= 11 is 0. The maximum Gasteiger partial charge on any atom is 0.328 e. The molecule has 0 bridgehead atoms. The normalized spacial score (nSPS) is 11.9. The lowest BCUT2D eigenvalue weighted by Crippen LogP contribution is -2.43. The second-order valence-electron chi connectivity index (χ2n) is 14.9. The lowest BCUT2D eigenvalue weighted by Gasteiger charge is -2.15. The molecule has 0 aliphatic carbocycles. The highest BCUT2D eigenvalue weighted by molar-refractivity contribution is 5.84. The Balaban J connectivity index is 2.12. The van der Waals surface area contributed by atoms with Crippen molar-refractivity contribution in [3.63, 3.8) is 0 Å². The van der Waals surface area contributed by atoms with Crippen molar-refractivity contribution < 1.29 is 19.1 Å². The molecule has 0 saturated carbocycles. The summed E-state index contributed by atoms with van der Waals surface area (Å²) in [6.45, 7) is 4.54. The number of aromatic nitrogens is 2. The van der Waals surface area contributed by atoms with Crippen LogP contribution in [0.2, 0.25) is 0 Å². The van der Waals surface area contributed by atoms with E-state index in [1.807, 2.05) is 0 Å². The van der Waals surface area contributed by atoms with Gasteiger partial charge in [0.1, 0.15) is 12.4 Å². The third-order valence-electron chi connectivity index (χ3n) is 10.2. The highest BCUT2D eigenvalue weighted by atomic mass is 16.5. The number of esters is 1. The van der Waals surface area contributed by atoms with Crippen molar-refractivity contribution in [1.82, 2.24) is 14.9 Å². The maximum absolute atomic E-state index is 12.7. The summed E-state index contributed by atoms with van der Waals surface area (Å²) in [5.74, 6) is -0.613. The van der Waals surface area contributed by atoms with Gasteiger partial charge < -0.3 is 10.1 Å². The molecule has 50 heavy (non-hydrogen) atoms. The van der Waals surface area contributed by atoms with E-state index in [4.69, 9.17) is 4.74 Å². The molecule has 0 aromatic carbocycles. The molecule has 0 saturated heterocycles. The number of imidazole rings is 1. The van der Waals surface area contributed by atoms with Crippen LogP contribution in [0.15, 0.2) is 12.5 Å². The van der Waals surface area contributed by atoms with Crippen molar-refractivity contribution >= 4 is 17.8 Å². The standard InChI is InChI=1S/C43H79N3O4/c1-4-6-8-10-12-14-16-18-20-22-24-26-28-30-32-34-41(47)45-40(43(49)50-3)36-39-37-46(38-44-39)42(48)35-33-31-29-27-25-23-21-19-17-15-13-11-9-7-5-2/h37-38,40H,4-36H2,1-3H3,(H,45,47)/t40-/m0/s1. The molecule has 7 nitrogen and oxygen atoms in total. The molecule has 1 atom stereocenters. The largest absolute Gasteiger partial charge is 0.467 e. The molecule has 290 valence electrons. The fraction of sp³-hybridized carbons (Fsp3) is 0.860. The highest BCUT2D eigenvalue weighted by Gasteiger charge is 2.23. The van der Waals surface area contributed by atoms with Crippen molar-refractivity contribution in [3.8, 4) is 0 Å². The Morgan fingerprint density at radius 3 is 1.32 bits per heavy atom. The lowest BCUT2D eigenvalue weighted by molar-refractivity contribution is -0.145. The van der Waals surface area contributed by atoms with Crippen LogP contribution >= 0.6 is 0 Å². The molecule has 1 rings (SSSR count). The Morgan fingerprint density at radius 1 is 0.580 bits per heavy atom. The molecule has 1 amide bonds. The molecule has 0 spiro atoms. The molecule has 0 radical (unpaired) electrons. The number of ether oxygens (including phenoxy) is 1. The Morgan fingerprint density at radius 2 is 0.940 bits per heavy atom. The summed E-state index contributed by atoms with van der Waals surface area (Å²) in [7, 11) is 1.33. The van der Waals surface area contributed by atoms with Gasteiger partial charge in [-0.2, -0.15) is 0 Å². The van der Waals surface area contributed by atoms with Gasteiger partial charge in [-0.25, -0.2) is 9.78 Å². The van der Waals surface area contributed by atoms with E-state index in [0.29, 0.717) is 18.5 Å². The zero-order chi connectivity index (χ0) is 36.3. The quantitative estimate of drug-likeness (QED) is 0.0555. The van der Waals surface area contributed by atoms with Gasteiger partial charge in [0, 0.05) is 25.5 Å². The van der Waals surface area contributed by atoms with E-state index in [1.54, 1.807) is 6.20 Å². The zero-order valence-electron chi connectivity index (χ0n) is 33.1.